The van der Waals surface area contributed by atoms with Crippen molar-refractivity contribution in [3.8, 4) is 11.5 Å². The predicted molar refractivity (Wildman–Crippen MR) is 101 cm³/mol. The minimum atomic E-state index is -0.786. The number of halogens is 1. The molecule has 8 nitrogen and oxygen atoms in total. The zero-order chi connectivity index (χ0) is 20.8. The van der Waals surface area contributed by atoms with E-state index in [0.29, 0.717) is 5.56 Å². The molecule has 0 aromatic heterocycles. The van der Waals surface area contributed by atoms with Gasteiger partial charge in [0, 0.05) is 31.3 Å². The molecule has 2 N–H and O–H groups in total. The van der Waals surface area contributed by atoms with E-state index < -0.39 is 23.5 Å². The SMILES string of the molecule is CN(C)C(=O)Oc1ccc2c(c1)OC(=O)N(Cc1cccc(N)c1F)C21COC1. The van der Waals surface area contributed by atoms with Crippen LogP contribution in [0.5, 0.6) is 11.5 Å². The van der Waals surface area contributed by atoms with E-state index in [1.807, 2.05) is 0 Å². The van der Waals surface area contributed by atoms with Crippen LogP contribution < -0.4 is 15.2 Å². The number of hydrogen-bond acceptors (Lipinski definition) is 6. The third-order valence-corrected chi connectivity index (χ3v) is 5.08. The van der Waals surface area contributed by atoms with Crippen LogP contribution in [-0.4, -0.2) is 49.3 Å². The maximum atomic E-state index is 14.4. The fourth-order valence-electron chi connectivity index (χ4n) is 3.41. The molecule has 2 amide bonds. The van der Waals surface area contributed by atoms with Crippen molar-refractivity contribution >= 4 is 17.9 Å². The Morgan fingerprint density at radius 1 is 1.31 bits per heavy atom. The Hall–Kier alpha value is -3.33. The first-order valence-electron chi connectivity index (χ1n) is 8.95. The summed E-state index contributed by atoms with van der Waals surface area (Å²) in [5.74, 6) is -0.0277. The quantitative estimate of drug-likeness (QED) is 0.795. The summed E-state index contributed by atoms with van der Waals surface area (Å²) in [6.45, 7) is 0.474. The number of anilines is 1. The van der Waals surface area contributed by atoms with Gasteiger partial charge in [-0.25, -0.2) is 14.0 Å². The first-order valence-corrected chi connectivity index (χ1v) is 8.95. The molecule has 2 heterocycles. The summed E-state index contributed by atoms with van der Waals surface area (Å²) in [6, 6.07) is 9.51. The van der Waals surface area contributed by atoms with Crippen LogP contribution in [-0.2, 0) is 16.8 Å². The molecule has 0 bridgehead atoms. The van der Waals surface area contributed by atoms with E-state index in [4.69, 9.17) is 19.9 Å². The zero-order valence-electron chi connectivity index (χ0n) is 16.0. The summed E-state index contributed by atoms with van der Waals surface area (Å²) in [5.41, 5.74) is 5.87. The van der Waals surface area contributed by atoms with E-state index in [9.17, 15) is 14.0 Å². The summed E-state index contributed by atoms with van der Waals surface area (Å²) in [6.07, 6.45) is -1.19. The molecule has 4 rings (SSSR count). The summed E-state index contributed by atoms with van der Waals surface area (Å²) in [7, 11) is 3.13. The number of fused-ring (bicyclic) bond motifs is 2. The number of ether oxygens (including phenoxy) is 3. The molecule has 0 saturated carbocycles. The molecule has 2 aromatic carbocycles. The zero-order valence-corrected chi connectivity index (χ0v) is 16.0. The van der Waals surface area contributed by atoms with Gasteiger partial charge in [-0.15, -0.1) is 0 Å². The van der Waals surface area contributed by atoms with Gasteiger partial charge in [0.25, 0.3) is 0 Å². The summed E-state index contributed by atoms with van der Waals surface area (Å²) >= 11 is 0. The van der Waals surface area contributed by atoms with Crippen LogP contribution in [0.1, 0.15) is 11.1 Å². The first kappa shape index (κ1) is 19.0. The molecule has 0 radical (unpaired) electrons. The van der Waals surface area contributed by atoms with Crippen molar-refractivity contribution < 1.29 is 28.2 Å². The maximum absolute atomic E-state index is 14.4. The second-order valence-corrected chi connectivity index (χ2v) is 7.22. The summed E-state index contributed by atoms with van der Waals surface area (Å²) in [5, 5.41) is 0. The third kappa shape index (κ3) is 3.13. The molecule has 2 aromatic rings. The van der Waals surface area contributed by atoms with Crippen LogP contribution in [0.2, 0.25) is 0 Å². The van der Waals surface area contributed by atoms with Crippen molar-refractivity contribution in [2.24, 2.45) is 0 Å². The number of rotatable bonds is 3. The Morgan fingerprint density at radius 2 is 2.07 bits per heavy atom. The largest absolute Gasteiger partial charge is 0.416 e. The van der Waals surface area contributed by atoms with Gasteiger partial charge >= 0.3 is 12.2 Å². The lowest BCUT2D eigenvalue weighted by Crippen LogP contribution is -2.63. The maximum Gasteiger partial charge on any atom is 0.416 e. The molecule has 152 valence electrons. The first-order chi connectivity index (χ1) is 13.8. The number of hydrogen-bond donors (Lipinski definition) is 1. The highest BCUT2D eigenvalue weighted by Gasteiger charge is 2.53. The van der Waals surface area contributed by atoms with Gasteiger partial charge in [-0.1, -0.05) is 12.1 Å². The van der Waals surface area contributed by atoms with Crippen molar-refractivity contribution in [2.45, 2.75) is 12.1 Å². The minimum absolute atomic E-state index is 0.0135. The average Bonchev–Trinajstić information content (AvgIpc) is 2.64. The fourth-order valence-corrected chi connectivity index (χ4v) is 3.41. The van der Waals surface area contributed by atoms with Crippen LogP contribution in [0.15, 0.2) is 36.4 Å². The molecule has 1 saturated heterocycles. The van der Waals surface area contributed by atoms with Gasteiger partial charge in [-0.3, -0.25) is 4.90 Å². The molecule has 2 aliphatic heterocycles. The van der Waals surface area contributed by atoms with Crippen LogP contribution in [0, 0.1) is 5.82 Å². The van der Waals surface area contributed by atoms with E-state index in [1.165, 1.54) is 21.9 Å². The van der Waals surface area contributed by atoms with E-state index in [-0.39, 0.29) is 42.5 Å². The van der Waals surface area contributed by atoms with Crippen molar-refractivity contribution in [1.29, 1.82) is 0 Å². The highest BCUT2D eigenvalue weighted by Crippen LogP contribution is 2.46. The van der Waals surface area contributed by atoms with E-state index in [1.54, 1.807) is 38.4 Å². The number of amides is 2. The van der Waals surface area contributed by atoms with Crippen molar-refractivity contribution in [3.05, 3.63) is 53.3 Å². The van der Waals surface area contributed by atoms with Crippen molar-refractivity contribution in [3.63, 3.8) is 0 Å². The van der Waals surface area contributed by atoms with Gasteiger partial charge in [-0.05, 0) is 18.2 Å². The number of nitrogen functional groups attached to an aromatic ring is 1. The average molecular weight is 401 g/mol. The van der Waals surface area contributed by atoms with Gasteiger partial charge in [-0.2, -0.15) is 0 Å². The third-order valence-electron chi connectivity index (χ3n) is 5.08. The summed E-state index contributed by atoms with van der Waals surface area (Å²) < 4.78 is 30.5. The Balaban J connectivity index is 1.67. The van der Waals surface area contributed by atoms with E-state index in [0.717, 1.165) is 0 Å². The van der Waals surface area contributed by atoms with Gasteiger partial charge in [0.15, 0.2) is 5.82 Å². The normalized spacial score (nSPS) is 16.7. The molecule has 0 atom stereocenters. The molecule has 29 heavy (non-hydrogen) atoms. The Kier molecular flexibility index (Phi) is 4.54. The molecule has 0 unspecified atom stereocenters. The molecule has 1 spiro atoms. The molecule has 9 heteroatoms. The predicted octanol–water partition coefficient (Wildman–Crippen LogP) is 2.71. The minimum Gasteiger partial charge on any atom is -0.410 e. The lowest BCUT2D eigenvalue weighted by atomic mass is 9.84. The number of carbonyl (C=O) groups excluding carboxylic acids is 2. The molecular formula is C20H20FN3O5. The Labute approximate surface area is 166 Å². The van der Waals surface area contributed by atoms with E-state index >= 15 is 0 Å². The van der Waals surface area contributed by atoms with Crippen LogP contribution in [0.4, 0.5) is 19.7 Å². The van der Waals surface area contributed by atoms with Crippen LogP contribution in [0.3, 0.4) is 0 Å². The smallest absolute Gasteiger partial charge is 0.410 e. The lowest BCUT2D eigenvalue weighted by molar-refractivity contribution is -0.143. The highest BCUT2D eigenvalue weighted by molar-refractivity contribution is 5.77. The highest BCUT2D eigenvalue weighted by atomic mass is 19.1. The molecular weight excluding hydrogens is 381 g/mol. The summed E-state index contributed by atoms with van der Waals surface area (Å²) in [4.78, 5) is 27.3. The fraction of sp³-hybridized carbons (Fsp3) is 0.300. The monoisotopic (exact) mass is 401 g/mol. The van der Waals surface area contributed by atoms with Crippen LogP contribution >= 0.6 is 0 Å². The van der Waals surface area contributed by atoms with Crippen LogP contribution in [0.25, 0.3) is 0 Å². The topological polar surface area (TPSA) is 94.3 Å². The van der Waals surface area contributed by atoms with Gasteiger partial charge in [0.1, 0.15) is 17.0 Å². The van der Waals surface area contributed by atoms with Crippen molar-refractivity contribution in [1.82, 2.24) is 9.80 Å². The number of benzene rings is 2. The van der Waals surface area contributed by atoms with Gasteiger partial charge in [0.05, 0.1) is 25.4 Å². The Morgan fingerprint density at radius 3 is 2.72 bits per heavy atom. The van der Waals surface area contributed by atoms with Gasteiger partial charge < -0.3 is 24.8 Å². The molecule has 1 fully saturated rings. The number of nitrogens with two attached hydrogens (primary N) is 1. The van der Waals surface area contributed by atoms with Gasteiger partial charge in [0.2, 0.25) is 0 Å². The molecule has 2 aliphatic rings. The standard InChI is InChI=1S/C20H20FN3O5/c1-23(2)18(25)28-13-6-7-14-16(8-13)29-19(26)24(20(14)10-27-11-20)9-12-4-3-5-15(22)17(12)21/h3-8H,9-11,22H2,1-2H3. The lowest BCUT2D eigenvalue weighted by Gasteiger charge is -2.51. The van der Waals surface area contributed by atoms with E-state index in [2.05, 4.69) is 0 Å². The Bertz CT molecular complexity index is 990. The second kappa shape index (κ2) is 6.93. The van der Waals surface area contributed by atoms with Crippen molar-refractivity contribution in [2.75, 3.05) is 33.0 Å². The number of nitrogens with zero attached hydrogens (tertiary/aromatic N) is 2. The number of carbonyl (C=O) groups is 2. The molecule has 0 aliphatic carbocycles. The second-order valence-electron chi connectivity index (χ2n) is 7.22.